The standard InChI is InChI=1S/C21H21N5O/c1-4-15-5-9-17(10-6-15)23-19-13-14(2)22-21-24-20(25-26(19)21)16-7-11-18(27-3)12-8-16/h5-13,23H,4H2,1-3H3. The molecule has 6 heteroatoms. The van der Waals surface area contributed by atoms with Gasteiger partial charge >= 0.3 is 0 Å². The Morgan fingerprint density at radius 3 is 2.41 bits per heavy atom. The minimum atomic E-state index is 0.563. The highest BCUT2D eigenvalue weighted by Gasteiger charge is 2.12. The van der Waals surface area contributed by atoms with Gasteiger partial charge in [-0.3, -0.25) is 0 Å². The monoisotopic (exact) mass is 359 g/mol. The molecule has 0 saturated heterocycles. The van der Waals surface area contributed by atoms with Crippen LogP contribution in [0.15, 0.2) is 54.6 Å². The van der Waals surface area contributed by atoms with Gasteiger partial charge in [-0.2, -0.15) is 9.50 Å². The van der Waals surface area contributed by atoms with Crippen molar-refractivity contribution in [1.29, 1.82) is 0 Å². The Morgan fingerprint density at radius 1 is 1.00 bits per heavy atom. The van der Waals surface area contributed by atoms with E-state index < -0.39 is 0 Å². The number of hydrogen-bond donors (Lipinski definition) is 1. The van der Waals surface area contributed by atoms with E-state index in [9.17, 15) is 0 Å². The smallest absolute Gasteiger partial charge is 0.254 e. The molecule has 0 fully saturated rings. The van der Waals surface area contributed by atoms with Gasteiger partial charge in [-0.05, 0) is 55.3 Å². The Hall–Kier alpha value is -3.41. The van der Waals surface area contributed by atoms with E-state index in [0.29, 0.717) is 11.6 Å². The highest BCUT2D eigenvalue weighted by atomic mass is 16.5. The maximum Gasteiger partial charge on any atom is 0.254 e. The van der Waals surface area contributed by atoms with E-state index in [1.54, 1.807) is 11.6 Å². The first kappa shape index (κ1) is 17.0. The second kappa shape index (κ2) is 7.07. The average Bonchev–Trinajstić information content (AvgIpc) is 3.13. The Labute approximate surface area is 157 Å². The lowest BCUT2D eigenvalue weighted by Crippen LogP contribution is -2.02. The predicted molar refractivity (Wildman–Crippen MR) is 107 cm³/mol. The molecule has 2 heterocycles. The van der Waals surface area contributed by atoms with Gasteiger partial charge in [0.15, 0.2) is 5.82 Å². The van der Waals surface area contributed by atoms with Crippen LogP contribution in [-0.4, -0.2) is 26.7 Å². The van der Waals surface area contributed by atoms with Crippen LogP contribution in [0.1, 0.15) is 18.2 Å². The summed E-state index contributed by atoms with van der Waals surface area (Å²) in [6.45, 7) is 4.10. The van der Waals surface area contributed by atoms with E-state index in [-0.39, 0.29) is 0 Å². The van der Waals surface area contributed by atoms with Crippen LogP contribution < -0.4 is 10.1 Å². The molecule has 0 radical (unpaired) electrons. The number of aryl methyl sites for hydroxylation is 2. The van der Waals surface area contributed by atoms with Crippen molar-refractivity contribution < 1.29 is 4.74 Å². The van der Waals surface area contributed by atoms with Gasteiger partial charge in [-0.15, -0.1) is 5.10 Å². The van der Waals surface area contributed by atoms with Crippen LogP contribution in [0.5, 0.6) is 5.75 Å². The number of aromatic nitrogens is 4. The molecule has 0 amide bonds. The van der Waals surface area contributed by atoms with Crippen LogP contribution in [0.4, 0.5) is 11.5 Å². The maximum absolute atomic E-state index is 5.21. The summed E-state index contributed by atoms with van der Waals surface area (Å²) in [4.78, 5) is 9.10. The van der Waals surface area contributed by atoms with Crippen molar-refractivity contribution in [3.63, 3.8) is 0 Å². The Bertz CT molecular complexity index is 1070. The molecule has 1 N–H and O–H groups in total. The lowest BCUT2D eigenvalue weighted by molar-refractivity contribution is 0.415. The van der Waals surface area contributed by atoms with E-state index in [4.69, 9.17) is 4.74 Å². The van der Waals surface area contributed by atoms with Crippen LogP contribution in [0.3, 0.4) is 0 Å². The number of hydrogen-bond acceptors (Lipinski definition) is 5. The van der Waals surface area contributed by atoms with Crippen molar-refractivity contribution in [2.45, 2.75) is 20.3 Å². The fourth-order valence-electron chi connectivity index (χ4n) is 2.91. The lowest BCUT2D eigenvalue weighted by atomic mass is 10.1. The fraction of sp³-hybridized carbons (Fsp3) is 0.190. The quantitative estimate of drug-likeness (QED) is 0.572. The molecule has 0 saturated carbocycles. The number of methoxy groups -OCH3 is 1. The Morgan fingerprint density at radius 2 is 1.74 bits per heavy atom. The van der Waals surface area contributed by atoms with E-state index in [2.05, 4.69) is 51.6 Å². The molecule has 0 bridgehead atoms. The largest absolute Gasteiger partial charge is 0.497 e. The fourth-order valence-corrected chi connectivity index (χ4v) is 2.91. The lowest BCUT2D eigenvalue weighted by Gasteiger charge is -2.09. The molecule has 2 aromatic carbocycles. The van der Waals surface area contributed by atoms with E-state index >= 15 is 0 Å². The molecule has 136 valence electrons. The van der Waals surface area contributed by atoms with Crippen LogP contribution in [0, 0.1) is 6.92 Å². The Kier molecular flexibility index (Phi) is 4.46. The van der Waals surface area contributed by atoms with E-state index in [1.807, 2.05) is 37.3 Å². The summed E-state index contributed by atoms with van der Waals surface area (Å²) in [7, 11) is 1.65. The third kappa shape index (κ3) is 3.46. The van der Waals surface area contributed by atoms with Crippen molar-refractivity contribution in [2.24, 2.45) is 0 Å². The number of ether oxygens (including phenoxy) is 1. The molecule has 4 rings (SSSR count). The molecule has 0 spiro atoms. The summed E-state index contributed by atoms with van der Waals surface area (Å²) in [5, 5.41) is 8.07. The molecule has 0 aliphatic rings. The molecular weight excluding hydrogens is 338 g/mol. The molecule has 0 aliphatic heterocycles. The number of benzene rings is 2. The first-order valence-electron chi connectivity index (χ1n) is 8.91. The number of nitrogens with zero attached hydrogens (tertiary/aromatic N) is 4. The summed E-state index contributed by atoms with van der Waals surface area (Å²) >= 11 is 0. The molecule has 0 unspecified atom stereocenters. The molecule has 6 nitrogen and oxygen atoms in total. The van der Waals surface area contributed by atoms with Gasteiger partial charge in [-0.25, -0.2) is 4.98 Å². The zero-order valence-electron chi connectivity index (χ0n) is 15.6. The zero-order chi connectivity index (χ0) is 18.8. The average molecular weight is 359 g/mol. The SMILES string of the molecule is CCc1ccc(Nc2cc(C)nc3nc(-c4ccc(OC)cc4)nn23)cc1. The second-order valence-electron chi connectivity index (χ2n) is 6.33. The van der Waals surface area contributed by atoms with Crippen LogP contribution in [0.2, 0.25) is 0 Å². The molecule has 0 atom stereocenters. The topological polar surface area (TPSA) is 64.3 Å². The van der Waals surface area contributed by atoms with Gasteiger partial charge in [0.05, 0.1) is 7.11 Å². The minimum absolute atomic E-state index is 0.563. The van der Waals surface area contributed by atoms with Gasteiger partial charge in [0.25, 0.3) is 5.78 Å². The highest BCUT2D eigenvalue weighted by molar-refractivity contribution is 5.62. The van der Waals surface area contributed by atoms with Crippen molar-refractivity contribution in [2.75, 3.05) is 12.4 Å². The molecule has 27 heavy (non-hydrogen) atoms. The number of fused-ring (bicyclic) bond motifs is 1. The summed E-state index contributed by atoms with van der Waals surface area (Å²) in [6, 6.07) is 18.0. The van der Waals surface area contributed by atoms with Gasteiger partial charge < -0.3 is 10.1 Å². The first-order valence-corrected chi connectivity index (χ1v) is 8.91. The summed E-state index contributed by atoms with van der Waals surface area (Å²) in [5.41, 5.74) is 4.10. The molecular formula is C21H21N5O. The van der Waals surface area contributed by atoms with Gasteiger partial charge in [0.2, 0.25) is 0 Å². The van der Waals surface area contributed by atoms with Gasteiger partial charge in [0, 0.05) is 23.0 Å². The minimum Gasteiger partial charge on any atom is -0.497 e. The van der Waals surface area contributed by atoms with Crippen LogP contribution in [-0.2, 0) is 6.42 Å². The van der Waals surface area contributed by atoms with E-state index in [1.165, 1.54) is 5.56 Å². The summed E-state index contributed by atoms with van der Waals surface area (Å²) < 4.78 is 6.95. The predicted octanol–water partition coefficient (Wildman–Crippen LogP) is 4.41. The third-order valence-electron chi connectivity index (χ3n) is 4.42. The van der Waals surface area contributed by atoms with Crippen molar-refractivity contribution in [3.8, 4) is 17.1 Å². The van der Waals surface area contributed by atoms with E-state index in [0.717, 1.165) is 34.9 Å². The summed E-state index contributed by atoms with van der Waals surface area (Å²) in [6.07, 6.45) is 1.02. The Balaban J connectivity index is 1.72. The molecule has 0 aliphatic carbocycles. The summed E-state index contributed by atoms with van der Waals surface area (Å²) in [5.74, 6) is 2.82. The van der Waals surface area contributed by atoms with Gasteiger partial charge in [0.1, 0.15) is 11.6 Å². The van der Waals surface area contributed by atoms with Crippen LogP contribution in [0.25, 0.3) is 17.2 Å². The van der Waals surface area contributed by atoms with Gasteiger partial charge in [-0.1, -0.05) is 19.1 Å². The number of nitrogens with one attached hydrogen (secondary N) is 1. The zero-order valence-corrected chi connectivity index (χ0v) is 15.6. The second-order valence-corrected chi connectivity index (χ2v) is 6.33. The van der Waals surface area contributed by atoms with Crippen molar-refractivity contribution in [1.82, 2.24) is 19.6 Å². The van der Waals surface area contributed by atoms with Crippen molar-refractivity contribution in [3.05, 3.63) is 65.9 Å². The third-order valence-corrected chi connectivity index (χ3v) is 4.42. The first-order chi connectivity index (χ1) is 13.2. The van der Waals surface area contributed by atoms with Crippen molar-refractivity contribution >= 4 is 17.3 Å². The highest BCUT2D eigenvalue weighted by Crippen LogP contribution is 2.23. The molecule has 4 aromatic rings. The maximum atomic E-state index is 5.21. The number of anilines is 2. The molecule has 2 aromatic heterocycles. The van der Waals surface area contributed by atoms with Crippen LogP contribution >= 0.6 is 0 Å². The number of rotatable bonds is 5. The normalized spacial score (nSPS) is 10.9.